The van der Waals surface area contributed by atoms with E-state index in [-0.39, 0.29) is 11.7 Å². The van der Waals surface area contributed by atoms with Crippen molar-refractivity contribution in [3.63, 3.8) is 0 Å². The van der Waals surface area contributed by atoms with Gasteiger partial charge in [0.1, 0.15) is 5.75 Å². The number of aliphatic imine (C=N–C) groups is 1. The van der Waals surface area contributed by atoms with Crippen LogP contribution in [0.4, 0.5) is 18.9 Å². The summed E-state index contributed by atoms with van der Waals surface area (Å²) in [7, 11) is 0. The molecule has 0 saturated heterocycles. The van der Waals surface area contributed by atoms with Crippen molar-refractivity contribution in [3.05, 3.63) is 23.8 Å². The van der Waals surface area contributed by atoms with Crippen LogP contribution in [0, 0.1) is 0 Å². The van der Waals surface area contributed by atoms with Crippen LogP contribution in [0.25, 0.3) is 0 Å². The number of rotatable bonds is 2. The molecule has 0 unspecified atom stereocenters. The van der Waals surface area contributed by atoms with Gasteiger partial charge in [-0.05, 0) is 25.0 Å². The summed E-state index contributed by atoms with van der Waals surface area (Å²) < 4.78 is 40.0. The first-order valence-corrected chi connectivity index (χ1v) is 5.35. The molecule has 1 aromatic carbocycles. The van der Waals surface area contributed by atoms with E-state index in [9.17, 15) is 13.2 Å². The van der Waals surface area contributed by atoms with Gasteiger partial charge in [-0.2, -0.15) is 0 Å². The second-order valence-electron chi connectivity index (χ2n) is 3.98. The Morgan fingerprint density at radius 3 is 2.65 bits per heavy atom. The monoisotopic (exact) mass is 243 g/mol. The van der Waals surface area contributed by atoms with E-state index in [0.29, 0.717) is 5.69 Å². The summed E-state index contributed by atoms with van der Waals surface area (Å²) in [6, 6.07) is 4.33. The lowest BCUT2D eigenvalue weighted by Gasteiger charge is -2.11. The van der Waals surface area contributed by atoms with Crippen LogP contribution in [0.15, 0.2) is 23.2 Å². The van der Waals surface area contributed by atoms with E-state index in [1.165, 1.54) is 12.1 Å². The molecular weight excluding hydrogens is 231 g/mol. The minimum Gasteiger partial charge on any atom is -0.406 e. The van der Waals surface area contributed by atoms with Crippen molar-refractivity contribution in [3.8, 4) is 5.75 Å². The number of benzene rings is 1. The van der Waals surface area contributed by atoms with Gasteiger partial charge in [-0.15, -0.1) is 13.2 Å². The van der Waals surface area contributed by atoms with Crippen LogP contribution in [0.5, 0.6) is 5.75 Å². The first kappa shape index (κ1) is 12.0. The second kappa shape index (κ2) is 4.05. The molecule has 0 saturated carbocycles. The lowest BCUT2D eigenvalue weighted by molar-refractivity contribution is -0.274. The first-order valence-electron chi connectivity index (χ1n) is 5.35. The van der Waals surface area contributed by atoms with Crippen molar-refractivity contribution in [1.82, 2.24) is 0 Å². The Bertz CT molecular complexity index is 465. The Balaban J connectivity index is 2.31. The van der Waals surface area contributed by atoms with Crippen molar-refractivity contribution in [1.29, 1.82) is 0 Å². The molecule has 2 rings (SSSR count). The first-order chi connectivity index (χ1) is 7.90. The van der Waals surface area contributed by atoms with Crippen LogP contribution in [-0.4, -0.2) is 12.1 Å². The third-order valence-electron chi connectivity index (χ3n) is 2.82. The fraction of sp³-hybridized carbons (Fsp3) is 0.417. The number of ether oxygens (including phenoxy) is 1. The number of alkyl halides is 3. The van der Waals surface area contributed by atoms with Crippen LogP contribution >= 0.6 is 0 Å². The minimum atomic E-state index is -4.66. The molecule has 1 heterocycles. The van der Waals surface area contributed by atoms with Crippen LogP contribution in [0.3, 0.4) is 0 Å². The summed E-state index contributed by atoms with van der Waals surface area (Å²) in [6.45, 7) is 3.91. The highest BCUT2D eigenvalue weighted by Crippen LogP contribution is 2.40. The SMILES string of the molecule is CC[C@@H]1C(C)=Nc2cc(OC(F)(F)F)ccc21. The summed E-state index contributed by atoms with van der Waals surface area (Å²) in [4.78, 5) is 4.26. The van der Waals surface area contributed by atoms with E-state index in [2.05, 4.69) is 9.73 Å². The van der Waals surface area contributed by atoms with Gasteiger partial charge in [0.25, 0.3) is 0 Å². The fourth-order valence-corrected chi connectivity index (χ4v) is 2.12. The number of nitrogens with zero attached hydrogens (tertiary/aromatic N) is 1. The Labute approximate surface area is 97.1 Å². The normalized spacial score (nSPS) is 18.9. The van der Waals surface area contributed by atoms with Gasteiger partial charge in [-0.3, -0.25) is 4.99 Å². The average Bonchev–Trinajstić information content (AvgIpc) is 2.50. The van der Waals surface area contributed by atoms with Crippen molar-refractivity contribution in [2.45, 2.75) is 32.5 Å². The fourth-order valence-electron chi connectivity index (χ4n) is 2.12. The van der Waals surface area contributed by atoms with Gasteiger partial charge < -0.3 is 4.74 Å². The Morgan fingerprint density at radius 2 is 2.06 bits per heavy atom. The molecule has 0 radical (unpaired) electrons. The number of halogens is 3. The molecule has 0 fully saturated rings. The van der Waals surface area contributed by atoms with Gasteiger partial charge in [0.2, 0.25) is 0 Å². The van der Waals surface area contributed by atoms with Gasteiger partial charge >= 0.3 is 6.36 Å². The summed E-state index contributed by atoms with van der Waals surface area (Å²) in [5.74, 6) is -0.00510. The van der Waals surface area contributed by atoms with E-state index >= 15 is 0 Å². The molecule has 2 nitrogen and oxygen atoms in total. The van der Waals surface area contributed by atoms with Gasteiger partial charge in [0.05, 0.1) is 5.69 Å². The van der Waals surface area contributed by atoms with Crippen molar-refractivity contribution in [2.75, 3.05) is 0 Å². The van der Waals surface area contributed by atoms with Gasteiger partial charge in [-0.1, -0.05) is 13.0 Å². The zero-order valence-corrected chi connectivity index (χ0v) is 9.51. The Kier molecular flexibility index (Phi) is 2.85. The molecule has 0 bridgehead atoms. The lowest BCUT2D eigenvalue weighted by atomic mass is 9.94. The molecule has 0 spiro atoms. The topological polar surface area (TPSA) is 21.6 Å². The average molecular weight is 243 g/mol. The molecule has 1 aromatic rings. The molecule has 17 heavy (non-hydrogen) atoms. The van der Waals surface area contributed by atoms with Crippen LogP contribution < -0.4 is 4.74 Å². The standard InChI is InChI=1S/C12H12F3NO/c1-3-9-7(2)16-11-6-8(4-5-10(9)11)17-12(13,14)15/h4-6,9H,3H2,1-2H3/t9-/m1/s1. The summed E-state index contributed by atoms with van der Waals surface area (Å²) >= 11 is 0. The highest BCUT2D eigenvalue weighted by Gasteiger charge is 2.32. The van der Waals surface area contributed by atoms with E-state index in [1.54, 1.807) is 6.07 Å². The molecule has 1 aliphatic rings. The maximum Gasteiger partial charge on any atom is 0.573 e. The molecule has 1 aliphatic heterocycles. The Morgan fingerprint density at radius 1 is 1.35 bits per heavy atom. The molecule has 92 valence electrons. The zero-order valence-electron chi connectivity index (χ0n) is 9.51. The molecule has 5 heteroatoms. The minimum absolute atomic E-state index is 0.213. The third-order valence-corrected chi connectivity index (χ3v) is 2.82. The number of hydrogen-bond donors (Lipinski definition) is 0. The molecule has 0 aliphatic carbocycles. The van der Waals surface area contributed by atoms with Crippen LogP contribution in [0.1, 0.15) is 31.7 Å². The molecule has 0 N–H and O–H groups in total. The predicted octanol–water partition coefficient (Wildman–Crippen LogP) is 4.18. The lowest BCUT2D eigenvalue weighted by Crippen LogP contribution is -2.17. The van der Waals surface area contributed by atoms with E-state index < -0.39 is 6.36 Å². The highest BCUT2D eigenvalue weighted by atomic mass is 19.4. The van der Waals surface area contributed by atoms with Crippen LogP contribution in [0.2, 0.25) is 0 Å². The number of hydrogen-bond acceptors (Lipinski definition) is 2. The van der Waals surface area contributed by atoms with Crippen molar-refractivity contribution < 1.29 is 17.9 Å². The summed E-state index contributed by atoms with van der Waals surface area (Å²) in [5, 5.41) is 0. The maximum atomic E-state index is 12.1. The third kappa shape index (κ3) is 2.43. The smallest absolute Gasteiger partial charge is 0.406 e. The second-order valence-corrected chi connectivity index (χ2v) is 3.98. The van der Waals surface area contributed by atoms with E-state index in [1.807, 2.05) is 13.8 Å². The molecule has 0 aromatic heterocycles. The molecule has 1 atom stereocenters. The van der Waals surface area contributed by atoms with Crippen molar-refractivity contribution in [2.24, 2.45) is 4.99 Å². The predicted molar refractivity (Wildman–Crippen MR) is 58.9 cm³/mol. The molecular formula is C12H12F3NO. The Hall–Kier alpha value is -1.52. The van der Waals surface area contributed by atoms with E-state index in [4.69, 9.17) is 0 Å². The molecule has 0 amide bonds. The van der Waals surface area contributed by atoms with Crippen molar-refractivity contribution >= 4 is 11.4 Å². The summed E-state index contributed by atoms with van der Waals surface area (Å²) in [5.41, 5.74) is 2.49. The zero-order chi connectivity index (χ0) is 12.6. The van der Waals surface area contributed by atoms with Crippen LogP contribution in [-0.2, 0) is 0 Å². The summed E-state index contributed by atoms with van der Waals surface area (Å²) in [6.07, 6.45) is -3.77. The highest BCUT2D eigenvalue weighted by molar-refractivity contribution is 5.96. The largest absolute Gasteiger partial charge is 0.573 e. The van der Waals surface area contributed by atoms with E-state index in [0.717, 1.165) is 17.7 Å². The van der Waals surface area contributed by atoms with Gasteiger partial charge in [0.15, 0.2) is 0 Å². The maximum absolute atomic E-state index is 12.1. The van der Waals surface area contributed by atoms with Gasteiger partial charge in [-0.25, -0.2) is 0 Å². The quantitative estimate of drug-likeness (QED) is 0.763. The number of fused-ring (bicyclic) bond motifs is 1. The van der Waals surface area contributed by atoms with Gasteiger partial charge in [0, 0.05) is 17.7 Å².